The maximum absolute atomic E-state index is 11.7. The molecule has 0 bridgehead atoms. The Labute approximate surface area is 109 Å². The number of nitrogens with zero attached hydrogens (tertiary/aromatic N) is 1. The Hall–Kier alpha value is -1.13. The van der Waals surface area contributed by atoms with Gasteiger partial charge < -0.3 is 14.6 Å². The van der Waals surface area contributed by atoms with E-state index in [4.69, 9.17) is 4.74 Å². The minimum absolute atomic E-state index is 0.0958. The van der Waals surface area contributed by atoms with Crippen LogP contribution in [-0.4, -0.2) is 30.9 Å². The van der Waals surface area contributed by atoms with Gasteiger partial charge in [-0.05, 0) is 19.4 Å². The fourth-order valence-corrected chi connectivity index (χ4v) is 1.65. The van der Waals surface area contributed by atoms with Gasteiger partial charge in [0.15, 0.2) is 0 Å². The summed E-state index contributed by atoms with van der Waals surface area (Å²) in [6.07, 6.45) is 4.12. The number of aryl methyl sites for hydroxylation is 1. The van der Waals surface area contributed by atoms with Gasteiger partial charge in [-0.3, -0.25) is 4.79 Å². The first-order chi connectivity index (χ1) is 8.75. The SMILES string of the molecule is CCCCOCCNCCn1cccc(C)c1=O. The summed E-state index contributed by atoms with van der Waals surface area (Å²) in [6, 6.07) is 3.75. The van der Waals surface area contributed by atoms with E-state index in [9.17, 15) is 4.79 Å². The molecule has 1 heterocycles. The molecule has 0 atom stereocenters. The van der Waals surface area contributed by atoms with E-state index in [0.717, 1.165) is 38.3 Å². The van der Waals surface area contributed by atoms with Crippen molar-refractivity contribution in [2.45, 2.75) is 33.2 Å². The van der Waals surface area contributed by atoms with Crippen LogP contribution in [0.15, 0.2) is 23.1 Å². The predicted octanol–water partition coefficient (Wildman–Crippen LogP) is 1.56. The van der Waals surface area contributed by atoms with Crippen LogP contribution in [-0.2, 0) is 11.3 Å². The van der Waals surface area contributed by atoms with Crippen LogP contribution in [0.4, 0.5) is 0 Å². The first-order valence-corrected chi connectivity index (χ1v) is 6.70. The van der Waals surface area contributed by atoms with Gasteiger partial charge in [0.05, 0.1) is 6.61 Å². The minimum Gasteiger partial charge on any atom is -0.380 e. The van der Waals surface area contributed by atoms with E-state index < -0.39 is 0 Å². The zero-order valence-electron chi connectivity index (χ0n) is 11.4. The van der Waals surface area contributed by atoms with Crippen molar-refractivity contribution < 1.29 is 4.74 Å². The van der Waals surface area contributed by atoms with E-state index in [1.807, 2.05) is 25.3 Å². The van der Waals surface area contributed by atoms with Crippen LogP contribution >= 0.6 is 0 Å². The minimum atomic E-state index is 0.0958. The number of ether oxygens (including phenoxy) is 1. The molecule has 0 saturated heterocycles. The van der Waals surface area contributed by atoms with E-state index >= 15 is 0 Å². The summed E-state index contributed by atoms with van der Waals surface area (Å²) < 4.78 is 7.17. The van der Waals surface area contributed by atoms with Crippen molar-refractivity contribution in [3.05, 3.63) is 34.2 Å². The van der Waals surface area contributed by atoms with Crippen molar-refractivity contribution >= 4 is 0 Å². The lowest BCUT2D eigenvalue weighted by Crippen LogP contribution is -2.29. The molecular formula is C14H24N2O2. The molecule has 0 aliphatic carbocycles. The summed E-state index contributed by atoms with van der Waals surface area (Å²) >= 11 is 0. The maximum atomic E-state index is 11.7. The molecule has 1 rings (SSSR count). The number of hydrogen-bond donors (Lipinski definition) is 1. The normalized spacial score (nSPS) is 10.8. The predicted molar refractivity (Wildman–Crippen MR) is 74.0 cm³/mol. The number of nitrogens with one attached hydrogen (secondary N) is 1. The van der Waals surface area contributed by atoms with Crippen LogP contribution in [0.2, 0.25) is 0 Å². The lowest BCUT2D eigenvalue weighted by atomic mass is 10.3. The largest absolute Gasteiger partial charge is 0.380 e. The standard InChI is InChI=1S/C14H24N2O2/c1-3-4-11-18-12-8-15-7-10-16-9-5-6-13(2)14(16)17/h5-6,9,15H,3-4,7-8,10-12H2,1-2H3. The zero-order chi connectivity index (χ0) is 13.2. The monoisotopic (exact) mass is 252 g/mol. The smallest absolute Gasteiger partial charge is 0.253 e. The van der Waals surface area contributed by atoms with Crippen LogP contribution in [0.5, 0.6) is 0 Å². The highest BCUT2D eigenvalue weighted by atomic mass is 16.5. The van der Waals surface area contributed by atoms with Crippen molar-refractivity contribution in [3.63, 3.8) is 0 Å². The van der Waals surface area contributed by atoms with E-state index in [-0.39, 0.29) is 5.56 Å². The van der Waals surface area contributed by atoms with Gasteiger partial charge in [0.2, 0.25) is 0 Å². The van der Waals surface area contributed by atoms with E-state index in [2.05, 4.69) is 12.2 Å². The third-order valence-corrected chi connectivity index (χ3v) is 2.81. The quantitative estimate of drug-likeness (QED) is 0.678. The van der Waals surface area contributed by atoms with Gasteiger partial charge in [0.25, 0.3) is 5.56 Å². The van der Waals surface area contributed by atoms with Crippen LogP contribution < -0.4 is 10.9 Å². The molecule has 18 heavy (non-hydrogen) atoms. The zero-order valence-corrected chi connectivity index (χ0v) is 11.4. The Morgan fingerprint density at radius 2 is 2.17 bits per heavy atom. The van der Waals surface area contributed by atoms with Crippen LogP contribution in [0.3, 0.4) is 0 Å². The Balaban J connectivity index is 2.11. The van der Waals surface area contributed by atoms with E-state index in [0.29, 0.717) is 6.54 Å². The fourth-order valence-electron chi connectivity index (χ4n) is 1.65. The first-order valence-electron chi connectivity index (χ1n) is 6.70. The summed E-state index contributed by atoms with van der Waals surface area (Å²) in [5, 5.41) is 3.27. The molecule has 4 heteroatoms. The second kappa shape index (κ2) is 8.89. The Kier molecular flexibility index (Phi) is 7.37. The number of unbranched alkanes of at least 4 members (excludes halogenated alkanes) is 1. The van der Waals surface area contributed by atoms with Gasteiger partial charge in [0, 0.05) is 38.0 Å². The van der Waals surface area contributed by atoms with E-state index in [1.54, 1.807) is 4.57 Å². The summed E-state index contributed by atoms with van der Waals surface area (Å²) in [7, 11) is 0. The Morgan fingerprint density at radius 3 is 2.94 bits per heavy atom. The summed E-state index contributed by atoms with van der Waals surface area (Å²) in [4.78, 5) is 11.7. The Bertz CT molecular complexity index is 388. The van der Waals surface area contributed by atoms with Crippen LogP contribution in [0, 0.1) is 6.92 Å². The van der Waals surface area contributed by atoms with Gasteiger partial charge in [0.1, 0.15) is 0 Å². The molecule has 0 saturated carbocycles. The molecule has 0 unspecified atom stereocenters. The van der Waals surface area contributed by atoms with Crippen molar-refractivity contribution in [1.29, 1.82) is 0 Å². The highest BCUT2D eigenvalue weighted by Gasteiger charge is 1.97. The lowest BCUT2D eigenvalue weighted by molar-refractivity contribution is 0.133. The molecule has 0 aliphatic rings. The lowest BCUT2D eigenvalue weighted by Gasteiger charge is -2.08. The second-order valence-corrected chi connectivity index (χ2v) is 4.41. The topological polar surface area (TPSA) is 43.3 Å². The third kappa shape index (κ3) is 5.47. The molecule has 0 spiro atoms. The van der Waals surface area contributed by atoms with Gasteiger partial charge in [-0.2, -0.15) is 0 Å². The molecule has 0 radical (unpaired) electrons. The molecule has 1 N–H and O–H groups in total. The number of hydrogen-bond acceptors (Lipinski definition) is 3. The molecule has 0 aliphatic heterocycles. The average molecular weight is 252 g/mol. The number of pyridine rings is 1. The van der Waals surface area contributed by atoms with Gasteiger partial charge in [-0.1, -0.05) is 19.4 Å². The Morgan fingerprint density at radius 1 is 1.33 bits per heavy atom. The summed E-state index contributed by atoms with van der Waals surface area (Å²) in [6.45, 7) is 7.91. The fraction of sp³-hybridized carbons (Fsp3) is 0.643. The van der Waals surface area contributed by atoms with E-state index in [1.165, 1.54) is 6.42 Å². The van der Waals surface area contributed by atoms with Crippen molar-refractivity contribution in [2.24, 2.45) is 0 Å². The molecule has 102 valence electrons. The highest BCUT2D eigenvalue weighted by molar-refractivity contribution is 5.07. The van der Waals surface area contributed by atoms with Crippen molar-refractivity contribution in [1.82, 2.24) is 9.88 Å². The average Bonchev–Trinajstić information content (AvgIpc) is 2.37. The maximum Gasteiger partial charge on any atom is 0.253 e. The van der Waals surface area contributed by atoms with Crippen molar-refractivity contribution in [2.75, 3.05) is 26.3 Å². The van der Waals surface area contributed by atoms with Gasteiger partial charge >= 0.3 is 0 Å². The van der Waals surface area contributed by atoms with Crippen LogP contribution in [0.25, 0.3) is 0 Å². The summed E-state index contributed by atoms with van der Waals surface area (Å²) in [5.41, 5.74) is 0.888. The molecule has 4 nitrogen and oxygen atoms in total. The molecule has 0 fully saturated rings. The molecule has 0 aromatic carbocycles. The third-order valence-electron chi connectivity index (χ3n) is 2.81. The number of rotatable bonds is 9. The summed E-state index contributed by atoms with van der Waals surface area (Å²) in [5.74, 6) is 0. The molecule has 0 amide bonds. The van der Waals surface area contributed by atoms with Crippen LogP contribution in [0.1, 0.15) is 25.3 Å². The molecule has 1 aromatic heterocycles. The van der Waals surface area contributed by atoms with Gasteiger partial charge in [-0.15, -0.1) is 0 Å². The molecular weight excluding hydrogens is 228 g/mol. The first kappa shape index (κ1) is 14.9. The second-order valence-electron chi connectivity index (χ2n) is 4.41. The molecule has 1 aromatic rings. The highest BCUT2D eigenvalue weighted by Crippen LogP contribution is 1.89. The van der Waals surface area contributed by atoms with Gasteiger partial charge in [-0.25, -0.2) is 0 Å². The number of aromatic nitrogens is 1. The van der Waals surface area contributed by atoms with Crippen molar-refractivity contribution in [3.8, 4) is 0 Å².